The fraction of sp³-hybridized carbons (Fsp3) is 0.684. The molecule has 1 N–H and O–H groups in total. The first-order valence-corrected chi connectivity index (χ1v) is 8.71. The van der Waals surface area contributed by atoms with Crippen LogP contribution in [-0.2, 0) is 6.54 Å². The lowest BCUT2D eigenvalue weighted by Gasteiger charge is -2.21. The van der Waals surface area contributed by atoms with E-state index < -0.39 is 0 Å². The van der Waals surface area contributed by atoms with Gasteiger partial charge in [-0.2, -0.15) is 0 Å². The predicted octanol–water partition coefficient (Wildman–Crippen LogP) is 2.89. The Hall–Kier alpha value is -0.900. The number of nitrogens with one attached hydrogen (secondary N) is 1. The van der Waals surface area contributed by atoms with E-state index in [2.05, 4.69) is 67.3 Å². The quantitative estimate of drug-likeness (QED) is 0.796. The van der Waals surface area contributed by atoms with Crippen molar-refractivity contribution >= 4 is 0 Å². The monoisotopic (exact) mass is 303 g/mol. The summed E-state index contributed by atoms with van der Waals surface area (Å²) < 4.78 is 0. The van der Waals surface area contributed by atoms with Crippen LogP contribution in [0.25, 0.3) is 0 Å². The second-order valence-corrected chi connectivity index (χ2v) is 7.22. The molecule has 2 atom stereocenters. The van der Waals surface area contributed by atoms with Crippen LogP contribution in [0.15, 0.2) is 24.3 Å². The molecule has 22 heavy (non-hydrogen) atoms. The maximum absolute atomic E-state index is 3.82. The van der Waals surface area contributed by atoms with Gasteiger partial charge >= 0.3 is 0 Å². The van der Waals surface area contributed by atoms with Crippen LogP contribution in [0, 0.1) is 6.92 Å². The number of hydrogen-bond acceptors (Lipinski definition) is 3. The fourth-order valence-electron chi connectivity index (χ4n) is 3.26. The summed E-state index contributed by atoms with van der Waals surface area (Å²) in [6, 6.07) is 10.3. The molecule has 1 heterocycles. The molecule has 0 bridgehead atoms. The fourth-order valence-corrected chi connectivity index (χ4v) is 3.26. The zero-order valence-electron chi connectivity index (χ0n) is 14.8. The minimum absolute atomic E-state index is 0.629. The summed E-state index contributed by atoms with van der Waals surface area (Å²) in [5.41, 5.74) is 2.78. The number of aryl methyl sites for hydroxylation is 1. The van der Waals surface area contributed by atoms with E-state index in [1.165, 1.54) is 50.0 Å². The van der Waals surface area contributed by atoms with Crippen molar-refractivity contribution in [3.63, 3.8) is 0 Å². The molecule has 1 aliphatic heterocycles. The molecule has 2 unspecified atom stereocenters. The standard InChI is InChI=1S/C19H33N3/c1-16-7-9-18(10-8-16)14-22-13-11-19(15-22)20-17(2)6-5-12-21(3)4/h7-10,17,19-20H,5-6,11-15H2,1-4H3. The summed E-state index contributed by atoms with van der Waals surface area (Å²) in [5, 5.41) is 3.82. The second-order valence-electron chi connectivity index (χ2n) is 7.22. The van der Waals surface area contributed by atoms with Gasteiger partial charge in [-0.25, -0.2) is 0 Å². The summed E-state index contributed by atoms with van der Waals surface area (Å²) in [5.74, 6) is 0. The zero-order valence-corrected chi connectivity index (χ0v) is 14.8. The Morgan fingerprint density at radius 2 is 2.00 bits per heavy atom. The van der Waals surface area contributed by atoms with Crippen molar-refractivity contribution in [1.82, 2.24) is 15.1 Å². The highest BCUT2D eigenvalue weighted by atomic mass is 15.2. The lowest BCUT2D eigenvalue weighted by atomic mass is 10.1. The Morgan fingerprint density at radius 1 is 1.27 bits per heavy atom. The first kappa shape index (κ1) is 17.5. The summed E-state index contributed by atoms with van der Waals surface area (Å²) >= 11 is 0. The summed E-state index contributed by atoms with van der Waals surface area (Å²) in [4.78, 5) is 4.85. The van der Waals surface area contributed by atoms with Gasteiger partial charge in [-0.15, -0.1) is 0 Å². The molecule has 0 amide bonds. The molecule has 0 radical (unpaired) electrons. The van der Waals surface area contributed by atoms with Crippen LogP contribution in [0.1, 0.15) is 37.3 Å². The molecule has 1 aliphatic rings. The van der Waals surface area contributed by atoms with Crippen molar-refractivity contribution in [2.24, 2.45) is 0 Å². The second kappa shape index (κ2) is 8.66. The van der Waals surface area contributed by atoms with E-state index in [1.807, 2.05) is 0 Å². The van der Waals surface area contributed by atoms with E-state index >= 15 is 0 Å². The van der Waals surface area contributed by atoms with Gasteiger partial charge in [0.25, 0.3) is 0 Å². The van der Waals surface area contributed by atoms with Gasteiger partial charge in [0, 0.05) is 31.7 Å². The number of hydrogen-bond donors (Lipinski definition) is 1. The number of rotatable bonds is 8. The highest BCUT2D eigenvalue weighted by molar-refractivity contribution is 5.21. The number of benzene rings is 1. The Labute approximate surface area is 136 Å². The van der Waals surface area contributed by atoms with Gasteiger partial charge in [-0.3, -0.25) is 4.90 Å². The lowest BCUT2D eigenvalue weighted by molar-refractivity contribution is 0.311. The Kier molecular flexibility index (Phi) is 6.87. The van der Waals surface area contributed by atoms with Crippen LogP contribution in [0.2, 0.25) is 0 Å². The minimum atomic E-state index is 0.629. The molecule has 0 spiro atoms. The first-order chi connectivity index (χ1) is 10.5. The average Bonchev–Trinajstić information content (AvgIpc) is 2.88. The van der Waals surface area contributed by atoms with Crippen molar-refractivity contribution in [3.05, 3.63) is 35.4 Å². The van der Waals surface area contributed by atoms with Crippen molar-refractivity contribution in [1.29, 1.82) is 0 Å². The first-order valence-electron chi connectivity index (χ1n) is 8.71. The van der Waals surface area contributed by atoms with Crippen LogP contribution in [0.5, 0.6) is 0 Å². The van der Waals surface area contributed by atoms with Gasteiger partial charge in [-0.1, -0.05) is 29.8 Å². The maximum Gasteiger partial charge on any atom is 0.0234 e. The molecular weight excluding hydrogens is 270 g/mol. The van der Waals surface area contributed by atoms with Crippen LogP contribution >= 0.6 is 0 Å². The van der Waals surface area contributed by atoms with E-state index in [1.54, 1.807) is 0 Å². The van der Waals surface area contributed by atoms with Gasteiger partial charge in [0.05, 0.1) is 0 Å². The largest absolute Gasteiger partial charge is 0.310 e. The van der Waals surface area contributed by atoms with Gasteiger partial charge in [-0.05, 0) is 59.3 Å². The molecular formula is C19H33N3. The van der Waals surface area contributed by atoms with E-state index in [-0.39, 0.29) is 0 Å². The lowest BCUT2D eigenvalue weighted by Crippen LogP contribution is -2.38. The van der Waals surface area contributed by atoms with Gasteiger partial charge < -0.3 is 10.2 Å². The van der Waals surface area contributed by atoms with E-state index in [9.17, 15) is 0 Å². The summed E-state index contributed by atoms with van der Waals surface area (Å²) in [6.45, 7) is 9.17. The van der Waals surface area contributed by atoms with Crippen LogP contribution in [0.3, 0.4) is 0 Å². The molecule has 2 rings (SSSR count). The average molecular weight is 303 g/mol. The smallest absolute Gasteiger partial charge is 0.0234 e. The van der Waals surface area contributed by atoms with Crippen molar-refractivity contribution < 1.29 is 0 Å². The summed E-state index contributed by atoms with van der Waals surface area (Å²) in [7, 11) is 4.30. The Bertz CT molecular complexity index is 427. The Balaban J connectivity index is 1.67. The highest BCUT2D eigenvalue weighted by Crippen LogP contribution is 2.15. The maximum atomic E-state index is 3.82. The molecule has 124 valence electrons. The van der Waals surface area contributed by atoms with Crippen molar-refractivity contribution in [2.45, 2.75) is 51.7 Å². The van der Waals surface area contributed by atoms with E-state index in [0.717, 1.165) is 6.54 Å². The van der Waals surface area contributed by atoms with Crippen molar-refractivity contribution in [2.75, 3.05) is 33.7 Å². The normalized spacial score (nSPS) is 20.7. The van der Waals surface area contributed by atoms with Crippen LogP contribution in [0.4, 0.5) is 0 Å². The van der Waals surface area contributed by atoms with Gasteiger partial charge in [0.1, 0.15) is 0 Å². The van der Waals surface area contributed by atoms with E-state index in [0.29, 0.717) is 12.1 Å². The SMILES string of the molecule is Cc1ccc(CN2CCC(NC(C)CCCN(C)C)C2)cc1. The number of nitrogens with zero attached hydrogens (tertiary/aromatic N) is 2. The number of likely N-dealkylation sites (tertiary alicyclic amines) is 1. The third kappa shape index (κ3) is 6.07. The molecule has 0 saturated carbocycles. The molecule has 1 aromatic carbocycles. The van der Waals surface area contributed by atoms with Gasteiger partial charge in [0.15, 0.2) is 0 Å². The molecule has 0 aliphatic carbocycles. The third-order valence-electron chi connectivity index (χ3n) is 4.56. The Morgan fingerprint density at radius 3 is 2.68 bits per heavy atom. The molecule has 0 aromatic heterocycles. The minimum Gasteiger partial charge on any atom is -0.310 e. The van der Waals surface area contributed by atoms with E-state index in [4.69, 9.17) is 0 Å². The third-order valence-corrected chi connectivity index (χ3v) is 4.56. The molecule has 3 nitrogen and oxygen atoms in total. The van der Waals surface area contributed by atoms with Crippen molar-refractivity contribution in [3.8, 4) is 0 Å². The molecule has 3 heteroatoms. The van der Waals surface area contributed by atoms with Crippen LogP contribution in [-0.4, -0.2) is 55.6 Å². The molecule has 1 fully saturated rings. The topological polar surface area (TPSA) is 18.5 Å². The molecule has 1 saturated heterocycles. The van der Waals surface area contributed by atoms with Gasteiger partial charge in [0.2, 0.25) is 0 Å². The summed E-state index contributed by atoms with van der Waals surface area (Å²) in [6.07, 6.45) is 3.83. The highest BCUT2D eigenvalue weighted by Gasteiger charge is 2.23. The predicted molar refractivity (Wildman–Crippen MR) is 95.2 cm³/mol. The zero-order chi connectivity index (χ0) is 15.9. The molecule has 1 aromatic rings. The van der Waals surface area contributed by atoms with Crippen LogP contribution < -0.4 is 5.32 Å².